The SMILES string of the molecule is CSC(=S)C(c1ccccc1)(N1CCOCC1)N1CCOCC1. The van der Waals surface area contributed by atoms with E-state index < -0.39 is 0 Å². The van der Waals surface area contributed by atoms with Gasteiger partial charge in [-0.1, -0.05) is 42.5 Å². The molecule has 0 N–H and O–H groups in total. The first-order valence-corrected chi connectivity index (χ1v) is 9.73. The van der Waals surface area contributed by atoms with E-state index >= 15 is 0 Å². The molecular weight excluding hydrogens is 328 g/mol. The van der Waals surface area contributed by atoms with Gasteiger partial charge in [0.25, 0.3) is 0 Å². The molecule has 4 nitrogen and oxygen atoms in total. The van der Waals surface area contributed by atoms with E-state index in [-0.39, 0.29) is 5.66 Å². The summed E-state index contributed by atoms with van der Waals surface area (Å²) in [4.78, 5) is 4.99. The Kier molecular flexibility index (Phi) is 6.07. The molecule has 1 aromatic carbocycles. The summed E-state index contributed by atoms with van der Waals surface area (Å²) >= 11 is 7.61. The fourth-order valence-electron chi connectivity index (χ4n) is 3.53. The molecule has 2 fully saturated rings. The fraction of sp³-hybridized carbons (Fsp3) is 0.588. The average molecular weight is 353 g/mol. The molecule has 2 aliphatic rings. The first kappa shape index (κ1) is 17.3. The summed E-state index contributed by atoms with van der Waals surface area (Å²) in [6.07, 6.45) is 2.08. The van der Waals surface area contributed by atoms with Crippen molar-refractivity contribution in [3.63, 3.8) is 0 Å². The van der Waals surface area contributed by atoms with E-state index in [0.717, 1.165) is 56.8 Å². The van der Waals surface area contributed by atoms with E-state index in [1.807, 2.05) is 0 Å². The van der Waals surface area contributed by atoms with E-state index in [9.17, 15) is 0 Å². The topological polar surface area (TPSA) is 24.9 Å². The van der Waals surface area contributed by atoms with Gasteiger partial charge in [0.05, 0.1) is 30.6 Å². The van der Waals surface area contributed by atoms with Gasteiger partial charge in [-0.2, -0.15) is 0 Å². The van der Waals surface area contributed by atoms with Crippen molar-refractivity contribution < 1.29 is 9.47 Å². The lowest BCUT2D eigenvalue weighted by atomic mass is 9.95. The maximum Gasteiger partial charge on any atom is 0.143 e. The van der Waals surface area contributed by atoms with Crippen molar-refractivity contribution >= 4 is 28.2 Å². The molecule has 0 radical (unpaired) electrons. The third-order valence-corrected chi connectivity index (χ3v) is 6.02. The first-order chi connectivity index (χ1) is 11.3. The lowest BCUT2D eigenvalue weighted by Gasteiger charge is -2.53. The van der Waals surface area contributed by atoms with Crippen LogP contribution in [0.3, 0.4) is 0 Å². The minimum absolute atomic E-state index is 0.358. The van der Waals surface area contributed by atoms with Crippen molar-refractivity contribution in [1.82, 2.24) is 9.80 Å². The van der Waals surface area contributed by atoms with Crippen molar-refractivity contribution in [1.29, 1.82) is 0 Å². The predicted octanol–water partition coefficient (Wildman–Crippen LogP) is 2.19. The highest BCUT2D eigenvalue weighted by Gasteiger charge is 2.48. The molecular formula is C17H24N2O2S2. The molecule has 126 valence electrons. The predicted molar refractivity (Wildman–Crippen MR) is 99.0 cm³/mol. The molecule has 0 aromatic heterocycles. The molecule has 2 heterocycles. The van der Waals surface area contributed by atoms with Crippen LogP contribution < -0.4 is 0 Å². The second-order valence-electron chi connectivity index (χ2n) is 5.73. The third kappa shape index (κ3) is 3.34. The van der Waals surface area contributed by atoms with Crippen LogP contribution in [0.2, 0.25) is 0 Å². The fourth-order valence-corrected chi connectivity index (χ4v) is 4.56. The van der Waals surface area contributed by atoms with Crippen LogP contribution >= 0.6 is 24.0 Å². The van der Waals surface area contributed by atoms with Gasteiger partial charge in [0, 0.05) is 26.2 Å². The highest BCUT2D eigenvalue weighted by molar-refractivity contribution is 8.22. The normalized spacial score (nSPS) is 21.3. The Bertz CT molecular complexity index is 497. The standard InChI is InChI=1S/C17H24N2O2S2/c1-23-16(22)17(15-5-3-2-4-6-15,18-7-11-20-12-8-18)19-9-13-21-14-10-19/h2-6H,7-14H2,1H3. The molecule has 23 heavy (non-hydrogen) atoms. The molecule has 0 amide bonds. The molecule has 0 atom stereocenters. The number of ether oxygens (including phenoxy) is 2. The number of rotatable bonds is 4. The van der Waals surface area contributed by atoms with Gasteiger partial charge >= 0.3 is 0 Å². The van der Waals surface area contributed by atoms with Crippen LogP contribution in [0, 0.1) is 0 Å². The van der Waals surface area contributed by atoms with E-state index in [1.54, 1.807) is 11.8 Å². The van der Waals surface area contributed by atoms with E-state index in [1.165, 1.54) is 5.56 Å². The maximum absolute atomic E-state index is 5.93. The van der Waals surface area contributed by atoms with E-state index in [0.29, 0.717) is 0 Å². The first-order valence-electron chi connectivity index (χ1n) is 8.09. The van der Waals surface area contributed by atoms with Gasteiger partial charge in [-0.15, -0.1) is 11.8 Å². The van der Waals surface area contributed by atoms with Gasteiger partial charge in [-0.05, 0) is 11.8 Å². The van der Waals surface area contributed by atoms with Crippen LogP contribution in [0.5, 0.6) is 0 Å². The molecule has 3 rings (SSSR count). The molecule has 1 aromatic rings. The number of nitrogens with zero attached hydrogens (tertiary/aromatic N) is 2. The molecule has 0 saturated carbocycles. The minimum atomic E-state index is -0.358. The second-order valence-corrected chi connectivity index (χ2v) is 7.21. The molecule has 2 aliphatic heterocycles. The second kappa shape index (κ2) is 8.05. The Morgan fingerprint density at radius 1 is 0.957 bits per heavy atom. The van der Waals surface area contributed by atoms with Crippen LogP contribution in [-0.2, 0) is 15.1 Å². The summed E-state index contributed by atoms with van der Waals surface area (Å²) in [5, 5.41) is 0. The quantitative estimate of drug-likeness (QED) is 0.771. The van der Waals surface area contributed by atoms with Gasteiger partial charge in [-0.25, -0.2) is 0 Å². The Morgan fingerprint density at radius 3 is 1.87 bits per heavy atom. The smallest absolute Gasteiger partial charge is 0.143 e. The van der Waals surface area contributed by atoms with Crippen LogP contribution in [-0.4, -0.2) is 72.9 Å². The average Bonchev–Trinajstić information content (AvgIpc) is 2.65. The van der Waals surface area contributed by atoms with Gasteiger partial charge in [-0.3, -0.25) is 9.80 Å². The van der Waals surface area contributed by atoms with E-state index in [2.05, 4.69) is 46.4 Å². The summed E-state index contributed by atoms with van der Waals surface area (Å²) in [5.74, 6) is 0. The summed E-state index contributed by atoms with van der Waals surface area (Å²) in [7, 11) is 0. The Labute approximate surface area is 148 Å². The lowest BCUT2D eigenvalue weighted by Crippen LogP contribution is -2.65. The number of morpholine rings is 2. The van der Waals surface area contributed by atoms with E-state index in [4.69, 9.17) is 21.7 Å². The number of hydrogen-bond acceptors (Lipinski definition) is 6. The van der Waals surface area contributed by atoms with Gasteiger partial charge < -0.3 is 9.47 Å². The molecule has 6 heteroatoms. The van der Waals surface area contributed by atoms with Crippen LogP contribution in [0.4, 0.5) is 0 Å². The van der Waals surface area contributed by atoms with Gasteiger partial charge in [0.1, 0.15) is 5.66 Å². The van der Waals surface area contributed by atoms with Crippen LogP contribution in [0.15, 0.2) is 30.3 Å². The zero-order valence-corrected chi connectivity index (χ0v) is 15.2. The lowest BCUT2D eigenvalue weighted by molar-refractivity contribution is -0.0953. The van der Waals surface area contributed by atoms with Crippen molar-refractivity contribution in [3.05, 3.63) is 35.9 Å². The maximum atomic E-state index is 5.93. The third-order valence-electron chi connectivity index (χ3n) is 4.58. The van der Waals surface area contributed by atoms with Crippen molar-refractivity contribution in [2.45, 2.75) is 5.66 Å². The Balaban J connectivity index is 2.09. The summed E-state index contributed by atoms with van der Waals surface area (Å²) in [6, 6.07) is 10.7. The zero-order valence-electron chi connectivity index (χ0n) is 13.6. The number of thiocarbonyl (C=S) groups is 1. The Hall–Kier alpha value is -0.500. The monoisotopic (exact) mass is 352 g/mol. The Morgan fingerprint density at radius 2 is 1.43 bits per heavy atom. The summed E-state index contributed by atoms with van der Waals surface area (Å²) < 4.78 is 12.2. The molecule has 2 saturated heterocycles. The van der Waals surface area contributed by atoms with Crippen molar-refractivity contribution in [2.24, 2.45) is 0 Å². The molecule has 0 spiro atoms. The minimum Gasteiger partial charge on any atom is -0.379 e. The van der Waals surface area contributed by atoms with Crippen LogP contribution in [0.1, 0.15) is 5.56 Å². The van der Waals surface area contributed by atoms with Crippen molar-refractivity contribution in [2.75, 3.05) is 58.9 Å². The van der Waals surface area contributed by atoms with Crippen molar-refractivity contribution in [3.8, 4) is 0 Å². The highest BCUT2D eigenvalue weighted by atomic mass is 32.2. The molecule has 0 aliphatic carbocycles. The van der Waals surface area contributed by atoms with Gasteiger partial charge in [0.15, 0.2) is 0 Å². The van der Waals surface area contributed by atoms with Gasteiger partial charge in [0.2, 0.25) is 0 Å². The molecule has 0 unspecified atom stereocenters. The largest absolute Gasteiger partial charge is 0.379 e. The van der Waals surface area contributed by atoms with Crippen LogP contribution in [0.25, 0.3) is 0 Å². The number of hydrogen-bond donors (Lipinski definition) is 0. The number of thioether (sulfide) groups is 1. The summed E-state index contributed by atoms with van der Waals surface area (Å²) in [5.41, 5.74) is 0.895. The zero-order chi connectivity index (χ0) is 16.1. The summed E-state index contributed by atoms with van der Waals surface area (Å²) in [6.45, 7) is 6.62. The highest BCUT2D eigenvalue weighted by Crippen LogP contribution is 2.38. The molecule has 0 bridgehead atoms. The number of benzene rings is 1.